The Bertz CT molecular complexity index is 479. The van der Waals surface area contributed by atoms with E-state index in [9.17, 15) is 4.79 Å². The number of carbonyl (C=O) groups is 1. The summed E-state index contributed by atoms with van der Waals surface area (Å²) < 4.78 is 5.65. The van der Waals surface area contributed by atoms with Gasteiger partial charge >= 0.3 is 0 Å². The van der Waals surface area contributed by atoms with Crippen LogP contribution in [-0.2, 0) is 4.74 Å². The Morgan fingerprint density at radius 3 is 2.84 bits per heavy atom. The Hall–Kier alpha value is -0.770. The van der Waals surface area contributed by atoms with Crippen LogP contribution in [0.25, 0.3) is 0 Å². The number of benzene rings is 1. The van der Waals surface area contributed by atoms with Crippen molar-refractivity contribution >= 4 is 29.1 Å². The molecule has 19 heavy (non-hydrogen) atoms. The van der Waals surface area contributed by atoms with Crippen LogP contribution in [0.2, 0.25) is 5.02 Å². The molecule has 0 radical (unpaired) electrons. The molecule has 5 heteroatoms. The Morgan fingerprint density at radius 2 is 2.21 bits per heavy atom. The normalized spacial score (nSPS) is 23.5. The van der Waals surface area contributed by atoms with Gasteiger partial charge in [-0.05, 0) is 37.6 Å². The molecule has 1 saturated heterocycles. The third kappa shape index (κ3) is 3.41. The number of aryl methyl sites for hydroxylation is 1. The highest BCUT2D eigenvalue weighted by Crippen LogP contribution is 2.20. The second-order valence-electron chi connectivity index (χ2n) is 4.89. The molecule has 0 aromatic heterocycles. The number of amides is 1. The highest BCUT2D eigenvalue weighted by atomic mass is 35.5. The minimum atomic E-state index is -0.0954. The molecule has 1 aliphatic heterocycles. The van der Waals surface area contributed by atoms with Gasteiger partial charge in [0.05, 0.1) is 18.1 Å². The summed E-state index contributed by atoms with van der Waals surface area (Å²) in [6.07, 6.45) is -0.0870. The first-order valence-electron chi connectivity index (χ1n) is 6.28. The van der Waals surface area contributed by atoms with Gasteiger partial charge in [0.15, 0.2) is 0 Å². The van der Waals surface area contributed by atoms with E-state index in [0.717, 1.165) is 5.56 Å². The molecule has 1 amide bonds. The van der Waals surface area contributed by atoms with Crippen LogP contribution in [0.1, 0.15) is 22.8 Å². The van der Waals surface area contributed by atoms with Crippen LogP contribution < -0.4 is 0 Å². The summed E-state index contributed by atoms with van der Waals surface area (Å²) >= 11 is 11.7. The van der Waals surface area contributed by atoms with Crippen molar-refractivity contribution in [2.75, 3.05) is 19.0 Å². The van der Waals surface area contributed by atoms with Gasteiger partial charge in [-0.3, -0.25) is 4.79 Å². The number of rotatable bonds is 2. The first kappa shape index (κ1) is 14.6. The number of nitrogens with zero attached hydrogens (tertiary/aromatic N) is 1. The highest BCUT2D eigenvalue weighted by molar-refractivity contribution is 6.30. The second-order valence-corrected chi connectivity index (χ2v) is 5.64. The van der Waals surface area contributed by atoms with Gasteiger partial charge in [0.1, 0.15) is 0 Å². The van der Waals surface area contributed by atoms with Crippen molar-refractivity contribution in [3.63, 3.8) is 0 Å². The molecule has 1 aromatic carbocycles. The Balaban J connectivity index is 2.18. The third-order valence-corrected chi connectivity index (χ3v) is 3.78. The van der Waals surface area contributed by atoms with E-state index in [1.54, 1.807) is 23.1 Å². The molecule has 104 valence electrons. The molecule has 1 fully saturated rings. The monoisotopic (exact) mass is 301 g/mol. The molecule has 0 saturated carbocycles. The minimum absolute atomic E-state index is 0.00839. The van der Waals surface area contributed by atoms with Crippen LogP contribution in [0.15, 0.2) is 18.2 Å². The molecular weight excluding hydrogens is 285 g/mol. The number of morpholine rings is 1. The van der Waals surface area contributed by atoms with E-state index in [2.05, 4.69) is 0 Å². The summed E-state index contributed by atoms with van der Waals surface area (Å²) in [7, 11) is 0. The van der Waals surface area contributed by atoms with E-state index in [0.29, 0.717) is 29.6 Å². The Kier molecular flexibility index (Phi) is 4.71. The van der Waals surface area contributed by atoms with E-state index in [1.807, 2.05) is 13.8 Å². The van der Waals surface area contributed by atoms with Gasteiger partial charge in [0.25, 0.3) is 5.91 Å². The molecule has 2 unspecified atom stereocenters. The summed E-state index contributed by atoms with van der Waals surface area (Å²) in [5.74, 6) is 0.410. The molecular formula is C14H17Cl2NO2. The molecule has 1 aromatic rings. The summed E-state index contributed by atoms with van der Waals surface area (Å²) in [5.41, 5.74) is 1.57. The number of alkyl halides is 1. The van der Waals surface area contributed by atoms with Crippen molar-refractivity contribution < 1.29 is 9.53 Å². The van der Waals surface area contributed by atoms with Gasteiger partial charge < -0.3 is 9.64 Å². The molecule has 1 heterocycles. The fourth-order valence-electron chi connectivity index (χ4n) is 2.33. The molecule has 0 aliphatic carbocycles. The zero-order valence-electron chi connectivity index (χ0n) is 11.0. The average molecular weight is 302 g/mol. The number of carbonyl (C=O) groups excluding carboxylic acids is 1. The van der Waals surface area contributed by atoms with Crippen molar-refractivity contribution in [1.82, 2.24) is 4.90 Å². The minimum Gasteiger partial charge on any atom is -0.370 e. The fourth-order valence-corrected chi connectivity index (χ4v) is 2.73. The predicted molar refractivity (Wildman–Crippen MR) is 77.1 cm³/mol. The van der Waals surface area contributed by atoms with Crippen LogP contribution in [0.4, 0.5) is 0 Å². The quantitative estimate of drug-likeness (QED) is 0.786. The fraction of sp³-hybridized carbons (Fsp3) is 0.500. The van der Waals surface area contributed by atoms with E-state index in [1.165, 1.54) is 0 Å². The SMILES string of the molecule is Cc1cc(Cl)ccc1C(=O)N1CC(C)OC(CCl)C1. The first-order chi connectivity index (χ1) is 9.01. The maximum absolute atomic E-state index is 12.5. The number of halogens is 2. The summed E-state index contributed by atoms with van der Waals surface area (Å²) in [6, 6.07) is 5.32. The van der Waals surface area contributed by atoms with E-state index in [-0.39, 0.29) is 18.1 Å². The van der Waals surface area contributed by atoms with Crippen molar-refractivity contribution in [2.24, 2.45) is 0 Å². The lowest BCUT2D eigenvalue weighted by atomic mass is 10.1. The first-order valence-corrected chi connectivity index (χ1v) is 7.19. The maximum Gasteiger partial charge on any atom is 0.254 e. The molecule has 1 aliphatic rings. The van der Waals surface area contributed by atoms with Crippen molar-refractivity contribution in [1.29, 1.82) is 0 Å². The summed E-state index contributed by atoms with van der Waals surface area (Å²) in [4.78, 5) is 14.3. The van der Waals surface area contributed by atoms with Crippen LogP contribution in [0.5, 0.6) is 0 Å². The van der Waals surface area contributed by atoms with Gasteiger partial charge in [-0.15, -0.1) is 11.6 Å². The molecule has 0 N–H and O–H groups in total. The number of hydrogen-bond acceptors (Lipinski definition) is 2. The molecule has 3 nitrogen and oxygen atoms in total. The van der Waals surface area contributed by atoms with Crippen LogP contribution in [0, 0.1) is 6.92 Å². The second kappa shape index (κ2) is 6.12. The standard InChI is InChI=1S/C14H17Cl2NO2/c1-9-5-11(16)3-4-13(9)14(18)17-7-10(2)19-12(6-15)8-17/h3-5,10,12H,6-8H2,1-2H3. The van der Waals surface area contributed by atoms with E-state index in [4.69, 9.17) is 27.9 Å². The summed E-state index contributed by atoms with van der Waals surface area (Å²) in [5, 5.41) is 0.642. The van der Waals surface area contributed by atoms with Crippen LogP contribution >= 0.6 is 23.2 Å². The van der Waals surface area contributed by atoms with Crippen LogP contribution in [-0.4, -0.2) is 42.0 Å². The summed E-state index contributed by atoms with van der Waals surface area (Å²) in [6.45, 7) is 4.97. The third-order valence-electron chi connectivity index (χ3n) is 3.20. The van der Waals surface area contributed by atoms with Gasteiger partial charge in [-0.25, -0.2) is 0 Å². The van der Waals surface area contributed by atoms with Crippen molar-refractivity contribution in [2.45, 2.75) is 26.1 Å². The largest absolute Gasteiger partial charge is 0.370 e. The topological polar surface area (TPSA) is 29.5 Å². The lowest BCUT2D eigenvalue weighted by Gasteiger charge is -2.36. The van der Waals surface area contributed by atoms with Gasteiger partial charge in [-0.1, -0.05) is 11.6 Å². The van der Waals surface area contributed by atoms with Crippen molar-refractivity contribution in [3.05, 3.63) is 34.3 Å². The average Bonchev–Trinajstić information content (AvgIpc) is 2.37. The predicted octanol–water partition coefficient (Wildman–Crippen LogP) is 3.12. The van der Waals surface area contributed by atoms with Gasteiger partial charge in [-0.2, -0.15) is 0 Å². The lowest BCUT2D eigenvalue weighted by molar-refractivity contribution is -0.0570. The van der Waals surface area contributed by atoms with E-state index < -0.39 is 0 Å². The Morgan fingerprint density at radius 1 is 1.47 bits per heavy atom. The van der Waals surface area contributed by atoms with E-state index >= 15 is 0 Å². The number of ether oxygens (including phenoxy) is 1. The Labute approximate surface area is 123 Å². The van der Waals surface area contributed by atoms with Crippen molar-refractivity contribution in [3.8, 4) is 0 Å². The van der Waals surface area contributed by atoms with Gasteiger partial charge in [0.2, 0.25) is 0 Å². The zero-order valence-corrected chi connectivity index (χ0v) is 12.5. The van der Waals surface area contributed by atoms with Crippen LogP contribution in [0.3, 0.4) is 0 Å². The highest BCUT2D eigenvalue weighted by Gasteiger charge is 2.28. The maximum atomic E-state index is 12.5. The molecule has 0 spiro atoms. The molecule has 2 atom stereocenters. The zero-order chi connectivity index (χ0) is 14.0. The smallest absolute Gasteiger partial charge is 0.254 e. The lowest BCUT2D eigenvalue weighted by Crippen LogP contribution is -2.49. The molecule has 2 rings (SSSR count). The number of hydrogen-bond donors (Lipinski definition) is 0. The van der Waals surface area contributed by atoms with Gasteiger partial charge in [0, 0.05) is 23.7 Å². The molecule has 0 bridgehead atoms.